The molecule has 0 unspecified atom stereocenters. The van der Waals surface area contributed by atoms with Crippen molar-refractivity contribution in [2.24, 2.45) is 4.99 Å². The summed E-state index contributed by atoms with van der Waals surface area (Å²) in [6.07, 6.45) is 0. The molecule has 3 rings (SSSR count). The van der Waals surface area contributed by atoms with E-state index in [1.54, 1.807) is 17.0 Å². The third-order valence-electron chi connectivity index (χ3n) is 3.36. The first kappa shape index (κ1) is 16.0. The first-order valence-corrected chi connectivity index (χ1v) is 8.17. The number of non-ortho nitro benzene ring substituents is 1. The summed E-state index contributed by atoms with van der Waals surface area (Å²) in [5.41, 5.74) is 1.56. The summed E-state index contributed by atoms with van der Waals surface area (Å²) in [6.45, 7) is 0.275. The van der Waals surface area contributed by atoms with Gasteiger partial charge >= 0.3 is 0 Å². The number of benzene rings is 2. The summed E-state index contributed by atoms with van der Waals surface area (Å²) in [4.78, 5) is 28.3. The van der Waals surface area contributed by atoms with E-state index in [0.29, 0.717) is 10.9 Å². The quantitative estimate of drug-likeness (QED) is 0.666. The van der Waals surface area contributed by atoms with Crippen molar-refractivity contribution in [3.8, 4) is 0 Å². The molecule has 122 valence electrons. The molecule has 0 aromatic heterocycles. The fourth-order valence-electron chi connectivity index (χ4n) is 2.21. The highest BCUT2D eigenvalue weighted by atomic mass is 32.2. The number of nitro groups is 1. The van der Waals surface area contributed by atoms with Gasteiger partial charge in [-0.25, -0.2) is 4.99 Å². The molecular weight excluding hydrogens is 328 g/mol. The fourth-order valence-corrected chi connectivity index (χ4v) is 3.08. The minimum atomic E-state index is -0.442. The second-order valence-electron chi connectivity index (χ2n) is 4.93. The fraction of sp³-hybridized carbons (Fsp3) is 0.125. The summed E-state index contributed by atoms with van der Waals surface area (Å²) in [7, 11) is 0. The van der Waals surface area contributed by atoms with Crippen LogP contribution in [0.3, 0.4) is 0 Å². The molecule has 0 atom stereocenters. The number of rotatable bonds is 5. The van der Waals surface area contributed by atoms with E-state index in [0.717, 1.165) is 11.4 Å². The zero-order chi connectivity index (χ0) is 16.9. The maximum absolute atomic E-state index is 12.1. The number of amides is 1. The van der Waals surface area contributed by atoms with Crippen LogP contribution in [0.5, 0.6) is 0 Å². The van der Waals surface area contributed by atoms with Gasteiger partial charge in [0.25, 0.3) is 5.69 Å². The van der Waals surface area contributed by atoms with Gasteiger partial charge in [0.1, 0.15) is 6.67 Å². The number of hydrogen-bond acceptors (Lipinski definition) is 6. The van der Waals surface area contributed by atoms with Crippen LogP contribution in [-0.2, 0) is 4.79 Å². The summed E-state index contributed by atoms with van der Waals surface area (Å²) in [5.74, 6) is 0.367. The van der Waals surface area contributed by atoms with Gasteiger partial charge in [0, 0.05) is 17.8 Å². The average molecular weight is 342 g/mol. The van der Waals surface area contributed by atoms with Crippen LogP contribution in [0.4, 0.5) is 17.1 Å². The number of thioether (sulfide) groups is 1. The first-order valence-electron chi connectivity index (χ1n) is 7.19. The van der Waals surface area contributed by atoms with Crippen LogP contribution >= 0.6 is 11.8 Å². The van der Waals surface area contributed by atoms with Gasteiger partial charge in [0.2, 0.25) is 5.91 Å². The molecule has 1 N–H and O–H groups in total. The number of nitrogens with zero attached hydrogens (tertiary/aromatic N) is 3. The molecule has 0 spiro atoms. The lowest BCUT2D eigenvalue weighted by atomic mass is 10.3. The number of para-hydroxylation sites is 1. The molecule has 7 nitrogen and oxygen atoms in total. The lowest BCUT2D eigenvalue weighted by Gasteiger charge is -2.16. The first-order chi connectivity index (χ1) is 11.6. The molecule has 8 heteroatoms. The van der Waals surface area contributed by atoms with E-state index in [-0.39, 0.29) is 18.3 Å². The van der Waals surface area contributed by atoms with E-state index in [9.17, 15) is 14.9 Å². The number of hydrogen-bond donors (Lipinski definition) is 1. The zero-order valence-corrected chi connectivity index (χ0v) is 13.4. The molecule has 24 heavy (non-hydrogen) atoms. The highest BCUT2D eigenvalue weighted by Crippen LogP contribution is 2.26. The van der Waals surface area contributed by atoms with Gasteiger partial charge < -0.3 is 5.32 Å². The highest BCUT2D eigenvalue weighted by molar-refractivity contribution is 8.15. The van der Waals surface area contributed by atoms with Crippen molar-refractivity contribution in [2.75, 3.05) is 22.6 Å². The number of nitrogens with one attached hydrogen (secondary N) is 1. The van der Waals surface area contributed by atoms with Crippen LogP contribution < -0.4 is 10.2 Å². The van der Waals surface area contributed by atoms with Crippen LogP contribution in [0.2, 0.25) is 0 Å². The molecule has 0 saturated carbocycles. The Labute approximate surface area is 142 Å². The van der Waals surface area contributed by atoms with Crippen LogP contribution in [0.25, 0.3) is 0 Å². The lowest BCUT2D eigenvalue weighted by molar-refractivity contribution is -0.384. The van der Waals surface area contributed by atoms with E-state index in [1.165, 1.54) is 23.9 Å². The summed E-state index contributed by atoms with van der Waals surface area (Å²) in [6, 6.07) is 15.5. The Morgan fingerprint density at radius 2 is 1.88 bits per heavy atom. The molecule has 1 amide bonds. The van der Waals surface area contributed by atoms with E-state index in [2.05, 4.69) is 10.3 Å². The molecular formula is C16H14N4O3S. The van der Waals surface area contributed by atoms with Gasteiger partial charge in [-0.3, -0.25) is 19.8 Å². The van der Waals surface area contributed by atoms with Crippen LogP contribution in [0.1, 0.15) is 0 Å². The van der Waals surface area contributed by atoms with Gasteiger partial charge in [0.15, 0.2) is 5.17 Å². The Hall–Kier alpha value is -2.87. The van der Waals surface area contributed by atoms with Crippen LogP contribution in [0, 0.1) is 10.1 Å². The van der Waals surface area contributed by atoms with E-state index in [4.69, 9.17) is 0 Å². The smallest absolute Gasteiger partial charge is 0.269 e. The minimum absolute atomic E-state index is 0.000265. The highest BCUT2D eigenvalue weighted by Gasteiger charge is 2.29. The number of anilines is 2. The molecule has 0 radical (unpaired) electrons. The lowest BCUT2D eigenvalue weighted by Crippen LogP contribution is -2.29. The van der Waals surface area contributed by atoms with E-state index >= 15 is 0 Å². The monoisotopic (exact) mass is 342 g/mol. The van der Waals surface area contributed by atoms with Gasteiger partial charge in [-0.1, -0.05) is 30.0 Å². The Morgan fingerprint density at radius 1 is 1.17 bits per heavy atom. The molecule has 2 aromatic carbocycles. The number of nitro benzene ring substituents is 1. The molecule has 1 heterocycles. The molecule has 0 aliphatic carbocycles. The average Bonchev–Trinajstić information content (AvgIpc) is 2.97. The van der Waals surface area contributed by atoms with Gasteiger partial charge in [0.05, 0.1) is 16.4 Å². The third-order valence-corrected chi connectivity index (χ3v) is 4.32. The Kier molecular flexibility index (Phi) is 4.76. The number of carbonyl (C=O) groups is 1. The van der Waals surface area contributed by atoms with Crippen molar-refractivity contribution in [1.29, 1.82) is 0 Å². The molecule has 1 saturated heterocycles. The molecule has 1 fully saturated rings. The summed E-state index contributed by atoms with van der Waals surface area (Å²) < 4.78 is 0. The number of amidine groups is 1. The molecule has 1 aliphatic rings. The second kappa shape index (κ2) is 7.14. The van der Waals surface area contributed by atoms with Crippen molar-refractivity contribution in [2.45, 2.75) is 0 Å². The standard InChI is InChI=1S/C16H14N4O3S/c21-15-10-24-16(19(15)13-4-2-1-3-5-13)18-11-17-12-6-8-14(9-7-12)20(22)23/h1-9,17H,10-11H2. The Morgan fingerprint density at radius 3 is 2.54 bits per heavy atom. The second-order valence-corrected chi connectivity index (χ2v) is 5.88. The maximum atomic E-state index is 12.1. The Bertz CT molecular complexity index is 778. The van der Waals surface area contributed by atoms with E-state index < -0.39 is 4.92 Å². The summed E-state index contributed by atoms with van der Waals surface area (Å²) in [5, 5.41) is 14.3. The number of aliphatic imine (C=N–C) groups is 1. The Balaban J connectivity index is 1.67. The molecule has 0 bridgehead atoms. The van der Waals surface area contributed by atoms with E-state index in [1.807, 2.05) is 30.3 Å². The SMILES string of the molecule is O=C1CSC(=NCNc2ccc([N+](=O)[O-])cc2)N1c1ccccc1. The van der Waals surface area contributed by atoms with Gasteiger partial charge in [-0.15, -0.1) is 0 Å². The van der Waals surface area contributed by atoms with Crippen molar-refractivity contribution in [3.63, 3.8) is 0 Å². The zero-order valence-electron chi connectivity index (χ0n) is 12.6. The predicted octanol–water partition coefficient (Wildman–Crippen LogP) is 3.10. The van der Waals surface area contributed by atoms with Crippen molar-refractivity contribution >= 4 is 39.9 Å². The molecule has 2 aromatic rings. The summed E-state index contributed by atoms with van der Waals surface area (Å²) >= 11 is 1.39. The van der Waals surface area contributed by atoms with Crippen molar-refractivity contribution < 1.29 is 9.72 Å². The van der Waals surface area contributed by atoms with Crippen LogP contribution in [0.15, 0.2) is 59.6 Å². The minimum Gasteiger partial charge on any atom is -0.366 e. The largest absolute Gasteiger partial charge is 0.366 e. The maximum Gasteiger partial charge on any atom is 0.269 e. The third kappa shape index (κ3) is 3.54. The predicted molar refractivity (Wildman–Crippen MR) is 95.4 cm³/mol. The van der Waals surface area contributed by atoms with Crippen LogP contribution in [-0.4, -0.2) is 28.4 Å². The normalized spacial score (nSPS) is 15.8. The van der Waals surface area contributed by atoms with Crippen molar-refractivity contribution in [1.82, 2.24) is 0 Å². The van der Waals surface area contributed by atoms with Gasteiger partial charge in [-0.05, 0) is 24.3 Å². The van der Waals surface area contributed by atoms with Gasteiger partial charge in [-0.2, -0.15) is 0 Å². The topological polar surface area (TPSA) is 87.8 Å². The number of carbonyl (C=O) groups excluding carboxylic acids is 1. The molecule has 1 aliphatic heterocycles. The van der Waals surface area contributed by atoms with Crippen molar-refractivity contribution in [3.05, 3.63) is 64.7 Å².